The predicted octanol–water partition coefficient (Wildman–Crippen LogP) is 0.233. The number of benzene rings is 1. The molecule has 2 atom stereocenters. The molecule has 0 aliphatic carbocycles. The second-order valence-electron chi connectivity index (χ2n) is 7.31. The van der Waals surface area contributed by atoms with Crippen LogP contribution in [0.1, 0.15) is 25.3 Å². The average molecular weight is 393 g/mol. The highest BCUT2D eigenvalue weighted by Gasteiger charge is 2.48. The molecule has 0 radical (unpaired) electrons. The molecule has 2 saturated heterocycles. The van der Waals surface area contributed by atoms with Crippen LogP contribution in [0.15, 0.2) is 30.3 Å². The molecule has 0 aromatic heterocycles. The minimum Gasteiger partial charge on any atom is -0.351 e. The normalized spacial score (nSPS) is 26.9. The van der Waals surface area contributed by atoms with Gasteiger partial charge in [-0.3, -0.25) is 14.5 Å². The van der Waals surface area contributed by atoms with Gasteiger partial charge in [-0.05, 0) is 31.7 Å². The fourth-order valence-corrected chi connectivity index (χ4v) is 5.10. The number of hydrogen-bond acceptors (Lipinski definition) is 5. The van der Waals surface area contributed by atoms with Crippen LogP contribution in [0.5, 0.6) is 0 Å². The van der Waals surface area contributed by atoms with Gasteiger partial charge in [-0.1, -0.05) is 30.3 Å². The first-order chi connectivity index (χ1) is 12.7. The van der Waals surface area contributed by atoms with Crippen LogP contribution in [0.25, 0.3) is 0 Å². The van der Waals surface area contributed by atoms with Gasteiger partial charge in [-0.15, -0.1) is 0 Å². The van der Waals surface area contributed by atoms with E-state index in [2.05, 4.69) is 10.6 Å². The number of nitrogens with one attached hydrogen (secondary N) is 2. The van der Waals surface area contributed by atoms with Gasteiger partial charge in [-0.2, -0.15) is 0 Å². The van der Waals surface area contributed by atoms with Gasteiger partial charge in [0.2, 0.25) is 5.91 Å². The van der Waals surface area contributed by atoms with E-state index in [4.69, 9.17) is 0 Å². The Kier molecular flexibility index (Phi) is 5.23. The number of amides is 4. The minimum absolute atomic E-state index is 0.0403. The van der Waals surface area contributed by atoms with E-state index in [1.165, 1.54) is 0 Å². The molecule has 2 N–H and O–H groups in total. The molecule has 146 valence electrons. The standard InChI is InChI=1S/C18H23N3O5S/c1-18(9-7-13-5-3-2-4-6-13)16(23)21(17(24)20-18)11-15(22)19-14-8-10-27(25,26)12-14/h2-6,14H,7-12H2,1H3,(H,19,22)(H,20,24)/t14-,18+/m0/s1. The lowest BCUT2D eigenvalue weighted by Gasteiger charge is -2.21. The zero-order valence-electron chi connectivity index (χ0n) is 15.1. The van der Waals surface area contributed by atoms with Gasteiger partial charge in [0.15, 0.2) is 9.84 Å². The van der Waals surface area contributed by atoms with E-state index in [1.807, 2.05) is 30.3 Å². The van der Waals surface area contributed by atoms with Crippen LogP contribution in [0.2, 0.25) is 0 Å². The summed E-state index contributed by atoms with van der Waals surface area (Å²) < 4.78 is 22.9. The SMILES string of the molecule is C[C@]1(CCc2ccccc2)NC(=O)N(CC(=O)N[C@H]2CCS(=O)(=O)C2)C1=O. The lowest BCUT2D eigenvalue weighted by Crippen LogP contribution is -2.46. The van der Waals surface area contributed by atoms with Gasteiger partial charge < -0.3 is 10.6 Å². The van der Waals surface area contributed by atoms with Crippen LogP contribution in [-0.4, -0.2) is 60.8 Å². The molecule has 2 heterocycles. The van der Waals surface area contributed by atoms with Crippen molar-refractivity contribution in [1.82, 2.24) is 15.5 Å². The van der Waals surface area contributed by atoms with Crippen LogP contribution in [0.4, 0.5) is 4.79 Å². The van der Waals surface area contributed by atoms with E-state index < -0.39 is 45.8 Å². The Hall–Kier alpha value is -2.42. The fourth-order valence-electron chi connectivity index (χ4n) is 3.42. The number of carbonyl (C=O) groups excluding carboxylic acids is 3. The summed E-state index contributed by atoms with van der Waals surface area (Å²) in [6, 6.07) is 8.55. The summed E-state index contributed by atoms with van der Waals surface area (Å²) in [5.41, 5.74) is -0.0106. The number of sulfone groups is 1. The molecule has 0 unspecified atom stereocenters. The number of nitrogens with zero attached hydrogens (tertiary/aromatic N) is 1. The average Bonchev–Trinajstić information content (AvgIpc) is 3.05. The van der Waals surface area contributed by atoms with E-state index in [0.717, 1.165) is 10.5 Å². The lowest BCUT2D eigenvalue weighted by atomic mass is 9.93. The smallest absolute Gasteiger partial charge is 0.325 e. The van der Waals surface area contributed by atoms with Gasteiger partial charge in [0.05, 0.1) is 11.5 Å². The minimum atomic E-state index is -3.12. The molecule has 1 aromatic rings. The van der Waals surface area contributed by atoms with E-state index in [-0.39, 0.29) is 11.5 Å². The molecule has 9 heteroatoms. The maximum absolute atomic E-state index is 12.7. The maximum Gasteiger partial charge on any atom is 0.325 e. The van der Waals surface area contributed by atoms with Crippen molar-refractivity contribution >= 4 is 27.7 Å². The van der Waals surface area contributed by atoms with Gasteiger partial charge in [0, 0.05) is 6.04 Å². The molecule has 2 aliphatic heterocycles. The Bertz CT molecular complexity index is 855. The van der Waals surface area contributed by atoms with Crippen molar-refractivity contribution in [2.75, 3.05) is 18.1 Å². The first-order valence-electron chi connectivity index (χ1n) is 8.86. The van der Waals surface area contributed by atoms with E-state index in [0.29, 0.717) is 19.3 Å². The van der Waals surface area contributed by atoms with E-state index >= 15 is 0 Å². The number of hydrogen-bond donors (Lipinski definition) is 2. The molecule has 0 bridgehead atoms. The monoisotopic (exact) mass is 393 g/mol. The zero-order valence-corrected chi connectivity index (χ0v) is 15.9. The molecular formula is C18H23N3O5S. The highest BCUT2D eigenvalue weighted by Crippen LogP contribution is 2.23. The van der Waals surface area contributed by atoms with Crippen molar-refractivity contribution in [3.8, 4) is 0 Å². The number of aryl methyl sites for hydroxylation is 1. The predicted molar refractivity (Wildman–Crippen MR) is 98.6 cm³/mol. The Morgan fingerprint density at radius 3 is 2.63 bits per heavy atom. The molecule has 8 nitrogen and oxygen atoms in total. The quantitative estimate of drug-likeness (QED) is 0.672. The Balaban J connectivity index is 1.57. The molecule has 27 heavy (non-hydrogen) atoms. The van der Waals surface area contributed by atoms with Gasteiger partial charge in [0.25, 0.3) is 5.91 Å². The van der Waals surface area contributed by atoms with Crippen molar-refractivity contribution in [3.05, 3.63) is 35.9 Å². The fraction of sp³-hybridized carbons (Fsp3) is 0.500. The summed E-state index contributed by atoms with van der Waals surface area (Å²) in [4.78, 5) is 38.0. The molecule has 1 aromatic carbocycles. The van der Waals surface area contributed by atoms with Crippen molar-refractivity contribution in [2.24, 2.45) is 0 Å². The van der Waals surface area contributed by atoms with Crippen LogP contribution in [0, 0.1) is 0 Å². The highest BCUT2D eigenvalue weighted by atomic mass is 32.2. The summed E-state index contributed by atoms with van der Waals surface area (Å²) in [6.07, 6.45) is 1.38. The van der Waals surface area contributed by atoms with Crippen molar-refractivity contribution in [1.29, 1.82) is 0 Å². The van der Waals surface area contributed by atoms with E-state index in [1.54, 1.807) is 6.92 Å². The molecule has 0 spiro atoms. The van der Waals surface area contributed by atoms with Crippen molar-refractivity contribution in [3.63, 3.8) is 0 Å². The molecule has 2 fully saturated rings. The summed E-state index contributed by atoms with van der Waals surface area (Å²) in [7, 11) is -3.12. The molecule has 0 saturated carbocycles. The van der Waals surface area contributed by atoms with Crippen LogP contribution < -0.4 is 10.6 Å². The van der Waals surface area contributed by atoms with E-state index in [9.17, 15) is 22.8 Å². The second-order valence-corrected chi connectivity index (χ2v) is 9.54. The second kappa shape index (κ2) is 7.30. The molecule has 2 aliphatic rings. The number of urea groups is 1. The Labute approximate surface area is 158 Å². The topological polar surface area (TPSA) is 113 Å². The van der Waals surface area contributed by atoms with Gasteiger partial charge >= 0.3 is 6.03 Å². The maximum atomic E-state index is 12.7. The summed E-state index contributed by atoms with van der Waals surface area (Å²) in [6.45, 7) is 1.24. The van der Waals surface area contributed by atoms with Crippen molar-refractivity contribution < 1.29 is 22.8 Å². The third-order valence-electron chi connectivity index (χ3n) is 5.00. The molecule has 3 rings (SSSR count). The molecular weight excluding hydrogens is 370 g/mol. The number of imide groups is 1. The summed E-state index contributed by atoms with van der Waals surface area (Å²) in [5, 5.41) is 5.27. The number of rotatable bonds is 6. The van der Waals surface area contributed by atoms with Crippen LogP contribution >= 0.6 is 0 Å². The summed E-state index contributed by atoms with van der Waals surface area (Å²) in [5.74, 6) is -1.04. The molecule has 4 amide bonds. The Morgan fingerprint density at radius 1 is 1.30 bits per heavy atom. The first-order valence-corrected chi connectivity index (χ1v) is 10.7. The Morgan fingerprint density at radius 2 is 2.00 bits per heavy atom. The van der Waals surface area contributed by atoms with Gasteiger partial charge in [-0.25, -0.2) is 13.2 Å². The zero-order chi connectivity index (χ0) is 19.7. The summed E-state index contributed by atoms with van der Waals surface area (Å²) >= 11 is 0. The third-order valence-corrected chi connectivity index (χ3v) is 6.77. The largest absolute Gasteiger partial charge is 0.351 e. The highest BCUT2D eigenvalue weighted by molar-refractivity contribution is 7.91. The number of carbonyl (C=O) groups is 3. The van der Waals surface area contributed by atoms with Gasteiger partial charge in [0.1, 0.15) is 12.1 Å². The van der Waals surface area contributed by atoms with Crippen LogP contribution in [-0.2, 0) is 25.8 Å². The third kappa shape index (κ3) is 4.47. The first kappa shape index (κ1) is 19.3. The van der Waals surface area contributed by atoms with Crippen molar-refractivity contribution in [2.45, 2.75) is 37.8 Å². The van der Waals surface area contributed by atoms with Crippen LogP contribution in [0.3, 0.4) is 0 Å². The lowest BCUT2D eigenvalue weighted by molar-refractivity contribution is -0.134.